The van der Waals surface area contributed by atoms with Crippen molar-refractivity contribution in [2.45, 2.75) is 13.6 Å². The lowest BCUT2D eigenvalue weighted by Gasteiger charge is -2.18. The molecule has 0 unspecified atom stereocenters. The topological polar surface area (TPSA) is 0 Å². The zero-order valence-corrected chi connectivity index (χ0v) is 16.9. The Hall–Kier alpha value is -3.32. The second-order valence-electron chi connectivity index (χ2n) is 7.98. The quantitative estimate of drug-likeness (QED) is 0.231. The van der Waals surface area contributed by atoms with Crippen LogP contribution in [0.3, 0.4) is 0 Å². The molecule has 0 saturated heterocycles. The highest BCUT2D eigenvalue weighted by molar-refractivity contribution is 6.76. The summed E-state index contributed by atoms with van der Waals surface area (Å²) in [7, 11) is 0. The summed E-state index contributed by atoms with van der Waals surface area (Å²) in [5, 5.41) is 5.40. The molecular formula is C28H23B. The summed E-state index contributed by atoms with van der Waals surface area (Å²) in [6.45, 7) is 5.06. The van der Waals surface area contributed by atoms with Crippen molar-refractivity contribution in [2.75, 3.05) is 0 Å². The Kier molecular flexibility index (Phi) is 4.44. The molecule has 1 heteroatoms. The third-order valence-corrected chi connectivity index (χ3v) is 5.83. The molecule has 0 saturated carbocycles. The second kappa shape index (κ2) is 7.26. The molecule has 29 heavy (non-hydrogen) atoms. The van der Waals surface area contributed by atoms with Gasteiger partial charge in [0.25, 0.3) is 0 Å². The van der Waals surface area contributed by atoms with Crippen molar-refractivity contribution in [3.05, 3.63) is 103 Å². The largest absolute Gasteiger partial charge is 0.171 e. The summed E-state index contributed by atoms with van der Waals surface area (Å²) in [6.07, 6.45) is 0. The first-order chi connectivity index (χ1) is 14.2. The van der Waals surface area contributed by atoms with Crippen molar-refractivity contribution in [1.82, 2.24) is 0 Å². The maximum atomic E-state index is 2.29. The van der Waals surface area contributed by atoms with Gasteiger partial charge < -0.3 is 0 Å². The van der Waals surface area contributed by atoms with Crippen LogP contribution in [0.5, 0.6) is 0 Å². The number of hydrogen-bond acceptors (Lipinski definition) is 0. The van der Waals surface area contributed by atoms with Crippen LogP contribution in [0.25, 0.3) is 43.8 Å². The fraction of sp³-hybridized carbons (Fsp3) is 0.0714. The third kappa shape index (κ3) is 3.04. The van der Waals surface area contributed by atoms with Crippen molar-refractivity contribution in [1.29, 1.82) is 0 Å². The van der Waals surface area contributed by atoms with Crippen molar-refractivity contribution < 1.29 is 0 Å². The molecule has 138 valence electrons. The Labute approximate surface area is 172 Å². The SMILES string of the molecule is CB(C)c1c2ccccc2c(-c2ccc(-c3ccccc3)cc2)c2ccccc12. The summed E-state index contributed by atoms with van der Waals surface area (Å²) < 4.78 is 0. The lowest BCUT2D eigenvalue weighted by atomic mass is 9.47. The highest BCUT2D eigenvalue weighted by Gasteiger charge is 2.17. The normalized spacial score (nSPS) is 11.1. The molecular weight excluding hydrogens is 347 g/mol. The van der Waals surface area contributed by atoms with Crippen LogP contribution in [0.4, 0.5) is 0 Å². The van der Waals surface area contributed by atoms with Crippen molar-refractivity contribution in [3.63, 3.8) is 0 Å². The van der Waals surface area contributed by atoms with Gasteiger partial charge in [0.05, 0.1) is 0 Å². The van der Waals surface area contributed by atoms with E-state index in [1.807, 2.05) is 0 Å². The first-order valence-corrected chi connectivity index (χ1v) is 10.3. The maximum Gasteiger partial charge on any atom is 0.171 e. The van der Waals surface area contributed by atoms with Gasteiger partial charge in [-0.15, -0.1) is 0 Å². The fourth-order valence-electron chi connectivity index (χ4n) is 4.56. The minimum Gasteiger partial charge on any atom is -0.0819 e. The smallest absolute Gasteiger partial charge is 0.0819 e. The molecule has 5 rings (SSSR count). The molecule has 0 radical (unpaired) electrons. The Morgan fingerprint density at radius 2 is 0.828 bits per heavy atom. The molecule has 0 atom stereocenters. The number of benzene rings is 5. The lowest BCUT2D eigenvalue weighted by Crippen LogP contribution is -2.24. The molecule has 0 bridgehead atoms. The minimum atomic E-state index is 0.472. The van der Waals surface area contributed by atoms with Gasteiger partial charge in [-0.3, -0.25) is 0 Å². The zero-order chi connectivity index (χ0) is 19.8. The van der Waals surface area contributed by atoms with Gasteiger partial charge in [-0.05, 0) is 43.8 Å². The monoisotopic (exact) mass is 370 g/mol. The summed E-state index contributed by atoms with van der Waals surface area (Å²) in [4.78, 5) is 0. The third-order valence-electron chi connectivity index (χ3n) is 5.83. The summed E-state index contributed by atoms with van der Waals surface area (Å²) >= 11 is 0. The average Bonchev–Trinajstić information content (AvgIpc) is 2.78. The van der Waals surface area contributed by atoms with Gasteiger partial charge in [-0.2, -0.15) is 0 Å². The van der Waals surface area contributed by atoms with Crippen LogP contribution in [0.2, 0.25) is 13.6 Å². The van der Waals surface area contributed by atoms with Crippen LogP contribution in [0.1, 0.15) is 0 Å². The first kappa shape index (κ1) is 17.8. The van der Waals surface area contributed by atoms with E-state index in [1.165, 1.54) is 49.3 Å². The van der Waals surface area contributed by atoms with Crippen LogP contribution in [0, 0.1) is 0 Å². The molecule has 5 aromatic rings. The van der Waals surface area contributed by atoms with Crippen LogP contribution >= 0.6 is 0 Å². The molecule has 0 aliphatic heterocycles. The van der Waals surface area contributed by atoms with E-state index in [0.717, 1.165) is 0 Å². The van der Waals surface area contributed by atoms with Crippen molar-refractivity contribution >= 4 is 33.7 Å². The van der Waals surface area contributed by atoms with E-state index in [1.54, 1.807) is 0 Å². The lowest BCUT2D eigenvalue weighted by molar-refractivity contribution is 1.61. The van der Waals surface area contributed by atoms with E-state index in [-0.39, 0.29) is 0 Å². The molecule has 0 aliphatic carbocycles. The first-order valence-electron chi connectivity index (χ1n) is 10.3. The van der Waals surface area contributed by atoms with Crippen LogP contribution in [0.15, 0.2) is 103 Å². The zero-order valence-electron chi connectivity index (χ0n) is 16.9. The molecule has 0 heterocycles. The summed E-state index contributed by atoms with van der Waals surface area (Å²) in [5.74, 6) is 0. The van der Waals surface area contributed by atoms with Gasteiger partial charge in [0.1, 0.15) is 0 Å². The second-order valence-corrected chi connectivity index (χ2v) is 7.98. The Morgan fingerprint density at radius 3 is 1.34 bits per heavy atom. The predicted molar refractivity (Wildman–Crippen MR) is 129 cm³/mol. The Balaban J connectivity index is 1.80. The van der Waals surface area contributed by atoms with E-state index in [0.29, 0.717) is 6.71 Å². The van der Waals surface area contributed by atoms with Crippen LogP contribution < -0.4 is 5.46 Å². The molecule has 0 aliphatic rings. The predicted octanol–water partition coefficient (Wildman–Crippen LogP) is 7.29. The number of fused-ring (bicyclic) bond motifs is 2. The van der Waals surface area contributed by atoms with E-state index in [2.05, 4.69) is 117 Å². The molecule has 0 spiro atoms. The minimum absolute atomic E-state index is 0.472. The molecule has 0 amide bonds. The highest BCUT2D eigenvalue weighted by Crippen LogP contribution is 2.36. The van der Waals surface area contributed by atoms with Gasteiger partial charge in [0.15, 0.2) is 6.71 Å². The Morgan fingerprint density at radius 1 is 0.414 bits per heavy atom. The molecule has 0 nitrogen and oxygen atoms in total. The number of rotatable bonds is 3. The van der Waals surface area contributed by atoms with Crippen LogP contribution in [-0.2, 0) is 0 Å². The Bertz CT molecular complexity index is 1240. The van der Waals surface area contributed by atoms with Gasteiger partial charge in [0, 0.05) is 0 Å². The van der Waals surface area contributed by atoms with Crippen molar-refractivity contribution in [2.24, 2.45) is 0 Å². The highest BCUT2D eigenvalue weighted by atomic mass is 14.2. The van der Waals surface area contributed by atoms with E-state index in [4.69, 9.17) is 0 Å². The summed E-state index contributed by atoms with van der Waals surface area (Å²) in [5.41, 5.74) is 6.55. The van der Waals surface area contributed by atoms with Crippen LogP contribution in [-0.4, -0.2) is 6.71 Å². The standard InChI is InChI=1S/C28H23B/c1-29(2)28-25-14-8-6-12-23(25)27(24-13-7-9-15-26(24)28)22-18-16-21(17-19-22)20-10-4-3-5-11-20/h3-19H,1-2H3. The van der Waals surface area contributed by atoms with Gasteiger partial charge in [-0.25, -0.2) is 0 Å². The van der Waals surface area contributed by atoms with Gasteiger partial charge in [0.2, 0.25) is 0 Å². The van der Waals surface area contributed by atoms with Gasteiger partial charge in [-0.1, -0.05) is 122 Å². The molecule has 0 aromatic heterocycles. The fourth-order valence-corrected chi connectivity index (χ4v) is 4.56. The van der Waals surface area contributed by atoms with Gasteiger partial charge >= 0.3 is 0 Å². The average molecular weight is 370 g/mol. The molecule has 5 aromatic carbocycles. The van der Waals surface area contributed by atoms with E-state index in [9.17, 15) is 0 Å². The van der Waals surface area contributed by atoms with E-state index >= 15 is 0 Å². The van der Waals surface area contributed by atoms with E-state index < -0.39 is 0 Å². The summed E-state index contributed by atoms with van der Waals surface area (Å²) in [6, 6.07) is 37.3. The molecule has 0 fully saturated rings. The molecule has 0 N–H and O–H groups in total. The maximum absolute atomic E-state index is 2.29. The van der Waals surface area contributed by atoms with Crippen molar-refractivity contribution in [3.8, 4) is 22.3 Å². The number of hydrogen-bond donors (Lipinski definition) is 0.